The van der Waals surface area contributed by atoms with Crippen molar-refractivity contribution < 1.29 is 28.8 Å². The molecule has 106 valence electrons. The molecule has 2 amide bonds. The average molecular weight is 271 g/mol. The molecule has 19 heavy (non-hydrogen) atoms. The molecule has 7 nitrogen and oxygen atoms in total. The molecule has 0 aromatic heterocycles. The molecule has 1 fully saturated rings. The van der Waals surface area contributed by atoms with E-state index in [1.165, 1.54) is 0 Å². The Morgan fingerprint density at radius 1 is 1.32 bits per heavy atom. The van der Waals surface area contributed by atoms with Crippen molar-refractivity contribution in [2.24, 2.45) is 5.92 Å². The molecule has 0 bridgehead atoms. The van der Waals surface area contributed by atoms with E-state index < -0.39 is 23.7 Å². The lowest BCUT2D eigenvalue weighted by Crippen LogP contribution is -2.34. The van der Waals surface area contributed by atoms with Crippen molar-refractivity contribution in [2.75, 3.05) is 13.2 Å². The molecule has 0 saturated carbocycles. The number of hydroxylamine groups is 2. The number of carbonyl (C=O) groups excluding carboxylic acids is 4. The third-order valence-electron chi connectivity index (χ3n) is 2.66. The first-order valence-corrected chi connectivity index (χ1v) is 6.15. The Balaban J connectivity index is 2.26. The third-order valence-corrected chi connectivity index (χ3v) is 2.66. The Bertz CT molecular complexity index is 351. The van der Waals surface area contributed by atoms with Gasteiger partial charge in [-0.1, -0.05) is 6.92 Å². The van der Waals surface area contributed by atoms with Crippen LogP contribution in [0.1, 0.15) is 32.6 Å². The lowest BCUT2D eigenvalue weighted by molar-refractivity contribution is -0.200. The molecule has 0 aromatic rings. The average Bonchev–Trinajstić information content (AvgIpc) is 2.70. The van der Waals surface area contributed by atoms with Gasteiger partial charge in [0.25, 0.3) is 11.8 Å². The van der Waals surface area contributed by atoms with Crippen LogP contribution in [0.2, 0.25) is 0 Å². The van der Waals surface area contributed by atoms with Crippen LogP contribution in [0, 0.1) is 5.92 Å². The maximum Gasteiger partial charge on any atom is 0.336 e. The molecule has 1 aliphatic rings. The predicted octanol–water partition coefficient (Wildman–Crippen LogP) is 0.225. The maximum absolute atomic E-state index is 11.6. The summed E-state index contributed by atoms with van der Waals surface area (Å²) in [6, 6.07) is 0. The molecule has 1 aliphatic heterocycles. The summed E-state index contributed by atoms with van der Waals surface area (Å²) in [4.78, 5) is 48.9. The van der Waals surface area contributed by atoms with E-state index in [2.05, 4.69) is 0 Å². The van der Waals surface area contributed by atoms with E-state index in [0.29, 0.717) is 31.1 Å². The van der Waals surface area contributed by atoms with Gasteiger partial charge in [0.15, 0.2) is 0 Å². The Morgan fingerprint density at radius 3 is 2.53 bits per heavy atom. The van der Waals surface area contributed by atoms with E-state index in [1.807, 2.05) is 0 Å². The molecule has 0 spiro atoms. The molecule has 1 saturated heterocycles. The van der Waals surface area contributed by atoms with Gasteiger partial charge in [0.2, 0.25) is 0 Å². The van der Waals surface area contributed by atoms with Crippen molar-refractivity contribution in [2.45, 2.75) is 32.6 Å². The SMILES string of the molecule is CC(CCOCCC=O)C(=O)ON1C(=O)CCC1=O. The van der Waals surface area contributed by atoms with Gasteiger partial charge in [-0.05, 0) is 6.42 Å². The standard InChI is InChI=1S/C12H17NO6/c1-9(5-8-18-7-2-6-14)12(17)19-13-10(15)3-4-11(13)16/h6,9H,2-5,7-8H2,1H3. The van der Waals surface area contributed by atoms with Crippen molar-refractivity contribution >= 4 is 24.1 Å². The molecular weight excluding hydrogens is 254 g/mol. The number of rotatable bonds is 8. The number of hydrogen-bond acceptors (Lipinski definition) is 6. The Hall–Kier alpha value is -1.76. The number of amides is 2. The summed E-state index contributed by atoms with van der Waals surface area (Å²) in [5, 5.41) is 0.534. The molecule has 0 N–H and O–H groups in total. The van der Waals surface area contributed by atoms with Gasteiger partial charge in [-0.3, -0.25) is 9.59 Å². The topological polar surface area (TPSA) is 90.0 Å². The maximum atomic E-state index is 11.6. The van der Waals surface area contributed by atoms with Crippen molar-refractivity contribution in [1.82, 2.24) is 5.06 Å². The van der Waals surface area contributed by atoms with E-state index in [9.17, 15) is 19.2 Å². The summed E-state index contributed by atoms with van der Waals surface area (Å²) in [5.74, 6) is -2.11. The quantitative estimate of drug-likeness (QED) is 0.356. The Morgan fingerprint density at radius 2 is 1.95 bits per heavy atom. The molecular formula is C12H17NO6. The van der Waals surface area contributed by atoms with E-state index in [0.717, 1.165) is 6.29 Å². The zero-order chi connectivity index (χ0) is 14.3. The fourth-order valence-electron chi connectivity index (χ4n) is 1.45. The van der Waals surface area contributed by atoms with Crippen LogP contribution in [-0.2, 0) is 28.8 Å². The minimum Gasteiger partial charge on any atom is -0.381 e. The van der Waals surface area contributed by atoms with Crippen molar-refractivity contribution in [3.8, 4) is 0 Å². The summed E-state index contributed by atoms with van der Waals surface area (Å²) < 4.78 is 5.12. The normalized spacial score (nSPS) is 16.6. The Kier molecular flexibility index (Phi) is 6.14. The molecule has 1 heterocycles. The van der Waals surface area contributed by atoms with Gasteiger partial charge in [0, 0.05) is 25.9 Å². The highest BCUT2D eigenvalue weighted by Gasteiger charge is 2.33. The minimum absolute atomic E-state index is 0.0787. The van der Waals surface area contributed by atoms with Crippen LogP contribution in [-0.4, -0.2) is 42.3 Å². The molecule has 7 heteroatoms. The number of hydrogen-bond donors (Lipinski definition) is 0. The first-order valence-electron chi connectivity index (χ1n) is 6.15. The van der Waals surface area contributed by atoms with Gasteiger partial charge in [-0.15, -0.1) is 5.06 Å². The van der Waals surface area contributed by atoms with Gasteiger partial charge in [0.05, 0.1) is 12.5 Å². The van der Waals surface area contributed by atoms with E-state index >= 15 is 0 Å². The van der Waals surface area contributed by atoms with E-state index in [-0.39, 0.29) is 12.8 Å². The van der Waals surface area contributed by atoms with Crippen molar-refractivity contribution in [1.29, 1.82) is 0 Å². The number of carbonyl (C=O) groups is 4. The summed E-state index contributed by atoms with van der Waals surface area (Å²) in [7, 11) is 0. The van der Waals surface area contributed by atoms with Gasteiger partial charge in [0.1, 0.15) is 6.29 Å². The van der Waals surface area contributed by atoms with Crippen LogP contribution in [0.25, 0.3) is 0 Å². The van der Waals surface area contributed by atoms with Gasteiger partial charge in [-0.2, -0.15) is 0 Å². The zero-order valence-electron chi connectivity index (χ0n) is 10.8. The highest BCUT2D eigenvalue weighted by Crippen LogP contribution is 2.14. The van der Waals surface area contributed by atoms with Crippen LogP contribution < -0.4 is 0 Å². The smallest absolute Gasteiger partial charge is 0.336 e. The number of imide groups is 1. The van der Waals surface area contributed by atoms with Gasteiger partial charge >= 0.3 is 5.97 Å². The zero-order valence-corrected chi connectivity index (χ0v) is 10.8. The fourth-order valence-corrected chi connectivity index (χ4v) is 1.45. The highest BCUT2D eigenvalue weighted by molar-refractivity contribution is 6.01. The summed E-state index contributed by atoms with van der Waals surface area (Å²) in [6.07, 6.45) is 1.62. The lowest BCUT2D eigenvalue weighted by Gasteiger charge is -2.16. The largest absolute Gasteiger partial charge is 0.381 e. The van der Waals surface area contributed by atoms with Gasteiger partial charge in [-0.25, -0.2) is 4.79 Å². The monoisotopic (exact) mass is 271 g/mol. The second kappa shape index (κ2) is 7.63. The van der Waals surface area contributed by atoms with Crippen LogP contribution in [0.3, 0.4) is 0 Å². The first kappa shape index (κ1) is 15.3. The number of nitrogens with zero attached hydrogens (tertiary/aromatic N) is 1. The van der Waals surface area contributed by atoms with Crippen LogP contribution >= 0.6 is 0 Å². The molecule has 0 aliphatic carbocycles. The van der Waals surface area contributed by atoms with Crippen LogP contribution in [0.4, 0.5) is 0 Å². The summed E-state index contributed by atoms with van der Waals surface area (Å²) in [6.45, 7) is 2.25. The van der Waals surface area contributed by atoms with Crippen molar-refractivity contribution in [3.63, 3.8) is 0 Å². The van der Waals surface area contributed by atoms with Gasteiger partial charge < -0.3 is 14.4 Å². The predicted molar refractivity (Wildman–Crippen MR) is 62.5 cm³/mol. The summed E-state index contributed by atoms with van der Waals surface area (Å²) in [5.41, 5.74) is 0. The minimum atomic E-state index is -0.636. The molecule has 0 radical (unpaired) electrons. The third kappa shape index (κ3) is 4.78. The van der Waals surface area contributed by atoms with Crippen LogP contribution in [0.15, 0.2) is 0 Å². The second-order valence-electron chi connectivity index (χ2n) is 4.25. The summed E-state index contributed by atoms with van der Waals surface area (Å²) >= 11 is 0. The molecule has 1 unspecified atom stereocenters. The fraction of sp³-hybridized carbons (Fsp3) is 0.667. The number of aldehydes is 1. The van der Waals surface area contributed by atoms with Crippen LogP contribution in [0.5, 0.6) is 0 Å². The lowest BCUT2D eigenvalue weighted by atomic mass is 10.1. The first-order chi connectivity index (χ1) is 9.06. The Labute approximate surface area is 110 Å². The second-order valence-corrected chi connectivity index (χ2v) is 4.25. The number of ether oxygens (including phenoxy) is 1. The van der Waals surface area contributed by atoms with Crippen molar-refractivity contribution in [3.05, 3.63) is 0 Å². The molecule has 1 atom stereocenters. The van der Waals surface area contributed by atoms with E-state index in [1.54, 1.807) is 6.92 Å². The molecule has 1 rings (SSSR count). The molecule has 0 aromatic carbocycles. The highest BCUT2D eigenvalue weighted by atomic mass is 16.7. The van der Waals surface area contributed by atoms with E-state index in [4.69, 9.17) is 9.57 Å².